The van der Waals surface area contributed by atoms with Crippen molar-refractivity contribution < 1.29 is 38.4 Å². The molecule has 3 aromatic carbocycles. The molecule has 0 aliphatic carbocycles. The molecular formula is C28H17F3IrN2O-2. The summed E-state index contributed by atoms with van der Waals surface area (Å²) in [6, 6.07) is 26.0. The van der Waals surface area contributed by atoms with Crippen molar-refractivity contribution in [2.24, 2.45) is 0 Å². The number of hydrogen-bond donors (Lipinski definition) is 1. The van der Waals surface area contributed by atoms with Crippen molar-refractivity contribution in [1.29, 1.82) is 0 Å². The van der Waals surface area contributed by atoms with E-state index in [2.05, 4.69) is 28.7 Å². The van der Waals surface area contributed by atoms with Crippen LogP contribution in [-0.4, -0.2) is 15.1 Å². The molecule has 0 amide bonds. The van der Waals surface area contributed by atoms with Crippen LogP contribution in [0.4, 0.5) is 13.2 Å². The van der Waals surface area contributed by atoms with Gasteiger partial charge in [0.05, 0.1) is 17.2 Å². The standard InChI is InChI=1S/C20H10F3N2.C8H7O.Ir/c21-16-6-5-15(19(22)20(16)23)18-11-12(7-9-25-18)13-8-10-24-17-4-2-1-3-14(13)17;1-7(9)8-5-3-2-4-6-8;/h1-4,6-11H;2-5,9H,1H2;/q2*-1;. The maximum atomic E-state index is 14.0. The van der Waals surface area contributed by atoms with Crippen molar-refractivity contribution in [2.45, 2.75) is 0 Å². The molecule has 0 spiro atoms. The monoisotopic (exact) mass is 647 g/mol. The number of nitrogens with zero attached hydrogens (tertiary/aromatic N) is 2. The minimum atomic E-state index is -1.53. The molecule has 0 fully saturated rings. The van der Waals surface area contributed by atoms with E-state index in [-0.39, 0.29) is 37.1 Å². The molecule has 5 rings (SSSR count). The van der Waals surface area contributed by atoms with Gasteiger partial charge in [-0.15, -0.1) is 48.0 Å². The summed E-state index contributed by atoms with van der Waals surface area (Å²) in [7, 11) is 0. The van der Waals surface area contributed by atoms with E-state index >= 15 is 0 Å². The third kappa shape index (κ3) is 5.83. The van der Waals surface area contributed by atoms with Gasteiger partial charge in [-0.2, -0.15) is 0 Å². The molecule has 1 N–H and O–H groups in total. The number of aliphatic hydroxyl groups is 1. The minimum absolute atomic E-state index is 0. The van der Waals surface area contributed by atoms with Gasteiger partial charge in [-0.05, 0) is 35.0 Å². The van der Waals surface area contributed by atoms with E-state index in [1.165, 1.54) is 6.20 Å². The number of rotatable bonds is 3. The van der Waals surface area contributed by atoms with Crippen LogP contribution in [0.2, 0.25) is 0 Å². The first-order valence-corrected chi connectivity index (χ1v) is 10.2. The normalized spacial score (nSPS) is 10.1. The van der Waals surface area contributed by atoms with E-state index in [1.807, 2.05) is 42.5 Å². The summed E-state index contributed by atoms with van der Waals surface area (Å²) >= 11 is 0. The fourth-order valence-electron chi connectivity index (χ4n) is 3.32. The minimum Gasteiger partial charge on any atom is -0.551 e. The fourth-order valence-corrected chi connectivity index (χ4v) is 3.32. The second-order valence-corrected chi connectivity index (χ2v) is 7.17. The molecule has 0 aliphatic rings. The summed E-state index contributed by atoms with van der Waals surface area (Å²) in [6.07, 6.45) is 3.18. The molecule has 7 heteroatoms. The van der Waals surface area contributed by atoms with E-state index in [1.54, 1.807) is 30.5 Å². The van der Waals surface area contributed by atoms with Crippen LogP contribution in [0.15, 0.2) is 91.8 Å². The summed E-state index contributed by atoms with van der Waals surface area (Å²) in [5, 5.41) is 9.73. The maximum absolute atomic E-state index is 14.0. The zero-order valence-electron chi connectivity index (χ0n) is 18.1. The number of aromatic nitrogens is 2. The Bertz CT molecular complexity index is 1470. The van der Waals surface area contributed by atoms with Crippen LogP contribution in [0.25, 0.3) is 39.0 Å². The Kier molecular flexibility index (Phi) is 8.52. The molecule has 0 saturated carbocycles. The van der Waals surface area contributed by atoms with Crippen molar-refractivity contribution >= 4 is 16.7 Å². The van der Waals surface area contributed by atoms with Gasteiger partial charge in [-0.1, -0.05) is 36.4 Å². The molecule has 177 valence electrons. The average molecular weight is 647 g/mol. The van der Waals surface area contributed by atoms with Gasteiger partial charge in [0.25, 0.3) is 0 Å². The van der Waals surface area contributed by atoms with Gasteiger partial charge in [0.1, 0.15) is 5.82 Å². The Hall–Kier alpha value is -3.80. The third-order valence-electron chi connectivity index (χ3n) is 4.96. The van der Waals surface area contributed by atoms with Crippen LogP contribution in [-0.2, 0) is 20.1 Å². The zero-order valence-corrected chi connectivity index (χ0v) is 20.5. The molecule has 2 aromatic heterocycles. The summed E-state index contributed by atoms with van der Waals surface area (Å²) in [5.74, 6) is -4.05. The van der Waals surface area contributed by atoms with E-state index in [0.29, 0.717) is 5.56 Å². The molecule has 3 nitrogen and oxygen atoms in total. The van der Waals surface area contributed by atoms with Gasteiger partial charge in [0, 0.05) is 43.6 Å². The Labute approximate surface area is 214 Å². The van der Waals surface area contributed by atoms with Crippen LogP contribution in [0.1, 0.15) is 5.56 Å². The summed E-state index contributed by atoms with van der Waals surface area (Å²) < 4.78 is 40.7. The first-order valence-electron chi connectivity index (χ1n) is 10.2. The van der Waals surface area contributed by atoms with Crippen LogP contribution in [0.5, 0.6) is 0 Å². The number of pyridine rings is 2. The molecule has 35 heavy (non-hydrogen) atoms. The second kappa shape index (κ2) is 11.6. The largest absolute Gasteiger partial charge is 0.551 e. The number of halogens is 3. The van der Waals surface area contributed by atoms with E-state index < -0.39 is 17.5 Å². The summed E-state index contributed by atoms with van der Waals surface area (Å²) in [4.78, 5) is 8.38. The zero-order chi connectivity index (χ0) is 24.1. The molecule has 5 aromatic rings. The smallest absolute Gasteiger partial charge is 0.111 e. The summed E-state index contributed by atoms with van der Waals surface area (Å²) in [6.45, 7) is 3.35. The fraction of sp³-hybridized carbons (Fsp3) is 0. The molecule has 0 unspecified atom stereocenters. The summed E-state index contributed by atoms with van der Waals surface area (Å²) in [5.41, 5.74) is 3.09. The topological polar surface area (TPSA) is 46.0 Å². The number of aliphatic hydroxyl groups excluding tert-OH is 1. The average Bonchev–Trinajstić information content (AvgIpc) is 2.88. The first-order chi connectivity index (χ1) is 16.5. The van der Waals surface area contributed by atoms with Crippen molar-refractivity contribution in [3.05, 3.63) is 127 Å². The van der Waals surface area contributed by atoms with Crippen LogP contribution < -0.4 is 0 Å². The second-order valence-electron chi connectivity index (χ2n) is 7.17. The van der Waals surface area contributed by atoms with Crippen LogP contribution >= 0.6 is 0 Å². The number of benzene rings is 3. The molecule has 2 heterocycles. The van der Waals surface area contributed by atoms with E-state index in [0.717, 1.165) is 28.1 Å². The maximum Gasteiger partial charge on any atom is 0.111 e. The van der Waals surface area contributed by atoms with Gasteiger partial charge in [-0.25, -0.2) is 4.39 Å². The van der Waals surface area contributed by atoms with Crippen molar-refractivity contribution in [3.8, 4) is 22.4 Å². The van der Waals surface area contributed by atoms with E-state index in [9.17, 15) is 13.2 Å². The van der Waals surface area contributed by atoms with E-state index in [4.69, 9.17) is 5.11 Å². The molecule has 0 saturated heterocycles. The Morgan fingerprint density at radius 3 is 2.31 bits per heavy atom. The Balaban J connectivity index is 0.000000291. The first kappa shape index (κ1) is 25.8. The molecule has 0 bridgehead atoms. The van der Waals surface area contributed by atoms with Crippen LogP contribution in [0.3, 0.4) is 0 Å². The number of fused-ring (bicyclic) bond motifs is 1. The van der Waals surface area contributed by atoms with Gasteiger partial charge in [0.2, 0.25) is 0 Å². The van der Waals surface area contributed by atoms with Crippen molar-refractivity contribution in [1.82, 2.24) is 9.97 Å². The Morgan fingerprint density at radius 1 is 0.857 bits per heavy atom. The number of hydrogen-bond acceptors (Lipinski definition) is 3. The number of para-hydroxylation sites is 1. The predicted octanol–water partition coefficient (Wildman–Crippen LogP) is 7.19. The molecular weight excluding hydrogens is 630 g/mol. The van der Waals surface area contributed by atoms with Gasteiger partial charge >= 0.3 is 0 Å². The van der Waals surface area contributed by atoms with Gasteiger partial charge in [0.15, 0.2) is 0 Å². The Morgan fingerprint density at radius 2 is 1.60 bits per heavy atom. The third-order valence-corrected chi connectivity index (χ3v) is 4.96. The van der Waals surface area contributed by atoms with Gasteiger partial charge < -0.3 is 10.1 Å². The molecule has 0 aliphatic heterocycles. The predicted molar refractivity (Wildman–Crippen MR) is 126 cm³/mol. The van der Waals surface area contributed by atoms with Crippen molar-refractivity contribution in [3.63, 3.8) is 0 Å². The van der Waals surface area contributed by atoms with Gasteiger partial charge in [-0.3, -0.25) is 13.8 Å². The molecule has 0 atom stereocenters. The SMILES string of the molecule is C=C(O)c1[c-]cccc1.Fc1c[c-]c(-c2cc(-c3ccnc4ccccc34)ccn2)c(F)c1F.[Ir]. The molecule has 1 radical (unpaired) electrons. The van der Waals surface area contributed by atoms with Crippen LogP contribution in [0, 0.1) is 29.6 Å². The quantitative estimate of drug-likeness (QED) is 0.128. The van der Waals surface area contributed by atoms with Crippen molar-refractivity contribution in [2.75, 3.05) is 0 Å².